The van der Waals surface area contributed by atoms with Crippen LogP contribution in [0.2, 0.25) is 45.8 Å². The van der Waals surface area contributed by atoms with Crippen LogP contribution < -0.4 is 0 Å². The monoisotopic (exact) mass is 364 g/mol. The van der Waals surface area contributed by atoms with Gasteiger partial charge in [0.1, 0.15) is 0 Å². The highest BCUT2D eigenvalue weighted by Gasteiger charge is 2.48. The lowest BCUT2D eigenvalue weighted by Crippen LogP contribution is -2.58. The van der Waals surface area contributed by atoms with E-state index in [0.717, 1.165) is 0 Å². The minimum Gasteiger partial charge on any atom is -0.434 e. The van der Waals surface area contributed by atoms with Crippen LogP contribution in [0, 0.1) is 0 Å². The Labute approximate surface area is 140 Å². The third-order valence-electron chi connectivity index (χ3n) is 2.65. The van der Waals surface area contributed by atoms with Crippen molar-refractivity contribution < 1.29 is 18.4 Å². The van der Waals surface area contributed by atoms with E-state index in [9.17, 15) is 10.2 Å². The molecule has 7 heteroatoms. The summed E-state index contributed by atoms with van der Waals surface area (Å²) in [5.41, 5.74) is -2.13. The molecule has 0 unspecified atom stereocenters. The normalized spacial score (nSPS) is 16.1. The Morgan fingerprint density at radius 1 is 0.773 bits per heavy atom. The lowest BCUT2D eigenvalue weighted by Gasteiger charge is -2.43. The second-order valence-corrected chi connectivity index (χ2v) is 21.7. The van der Waals surface area contributed by atoms with Crippen LogP contribution >= 0.6 is 0 Å². The molecule has 0 radical (unpaired) electrons. The smallest absolute Gasteiger partial charge is 0.347 e. The maximum Gasteiger partial charge on any atom is 0.347 e. The summed E-state index contributed by atoms with van der Waals surface area (Å²) in [4.78, 5) is 0. The molecule has 0 saturated carbocycles. The molecule has 0 rings (SSSR count). The van der Waals surface area contributed by atoms with Gasteiger partial charge in [0.2, 0.25) is 0 Å². The van der Waals surface area contributed by atoms with E-state index in [0.29, 0.717) is 5.20 Å². The van der Waals surface area contributed by atoms with Gasteiger partial charge in [-0.25, -0.2) is 0 Å². The number of hydrogen-bond donors (Lipinski definition) is 2. The summed E-state index contributed by atoms with van der Waals surface area (Å²) >= 11 is 0. The second kappa shape index (κ2) is 6.62. The highest BCUT2D eigenvalue weighted by atomic mass is 28.5. The van der Waals surface area contributed by atoms with Crippen LogP contribution in [0.4, 0.5) is 0 Å². The number of hydrogen-bond acceptors (Lipinski definition) is 4. The van der Waals surface area contributed by atoms with Crippen LogP contribution in [0.1, 0.15) is 27.7 Å². The molecule has 0 aliphatic heterocycles. The van der Waals surface area contributed by atoms with E-state index in [1.165, 1.54) is 0 Å². The summed E-state index contributed by atoms with van der Waals surface area (Å²) in [6, 6.07) is 0. The molecule has 0 aromatic carbocycles. The summed E-state index contributed by atoms with van der Waals surface area (Å²) in [7, 11) is -6.59. The summed E-state index contributed by atoms with van der Waals surface area (Å²) in [5.74, 6) is 0. The Kier molecular flexibility index (Phi) is 6.69. The van der Waals surface area contributed by atoms with Gasteiger partial charge >= 0.3 is 8.56 Å². The molecule has 0 heterocycles. The van der Waals surface area contributed by atoms with Crippen molar-refractivity contribution >= 4 is 25.2 Å². The first-order valence-electron chi connectivity index (χ1n) is 7.84. The molecule has 0 saturated heterocycles. The minimum atomic E-state index is -2.82. The Hall–Kier alpha value is 0.231. The zero-order valence-electron chi connectivity index (χ0n) is 16.3. The molecule has 0 aromatic rings. The molecular weight excluding hydrogens is 328 g/mol. The van der Waals surface area contributed by atoms with Crippen LogP contribution in [0.3, 0.4) is 0 Å². The van der Waals surface area contributed by atoms with Crippen molar-refractivity contribution in [3.8, 4) is 0 Å². The molecule has 0 aliphatic carbocycles. The zero-order valence-corrected chi connectivity index (χ0v) is 19.3. The fraction of sp³-hybridized carbons (Fsp3) is 0.867. The molecule has 0 aliphatic rings. The SMILES string of the molecule is CC(C)(O)/C=C(\C(C)(C)O)[Si](C)(O[Si](C)(C)C)O[Si](C)(C)C. The van der Waals surface area contributed by atoms with E-state index in [-0.39, 0.29) is 0 Å². The van der Waals surface area contributed by atoms with Gasteiger partial charge in [-0.15, -0.1) is 0 Å². The van der Waals surface area contributed by atoms with Crippen molar-refractivity contribution in [2.75, 3.05) is 0 Å². The van der Waals surface area contributed by atoms with Crippen molar-refractivity contribution in [2.24, 2.45) is 0 Å². The van der Waals surface area contributed by atoms with Gasteiger partial charge < -0.3 is 18.4 Å². The summed E-state index contributed by atoms with van der Waals surface area (Å²) in [6.07, 6.45) is 1.72. The van der Waals surface area contributed by atoms with E-state index >= 15 is 0 Å². The first kappa shape index (κ1) is 22.2. The Morgan fingerprint density at radius 2 is 1.09 bits per heavy atom. The molecule has 22 heavy (non-hydrogen) atoms. The Morgan fingerprint density at radius 3 is 1.27 bits per heavy atom. The van der Waals surface area contributed by atoms with Crippen molar-refractivity contribution in [3.63, 3.8) is 0 Å². The third kappa shape index (κ3) is 8.76. The number of aliphatic hydroxyl groups is 2. The highest BCUT2D eigenvalue weighted by molar-refractivity contribution is 6.91. The summed E-state index contributed by atoms with van der Waals surface area (Å²) in [6.45, 7) is 21.6. The fourth-order valence-electron chi connectivity index (χ4n) is 2.52. The van der Waals surface area contributed by atoms with Crippen LogP contribution in [-0.2, 0) is 8.23 Å². The van der Waals surface area contributed by atoms with E-state index < -0.39 is 36.4 Å². The average molecular weight is 365 g/mol. The third-order valence-corrected chi connectivity index (χ3v) is 12.4. The first-order valence-corrected chi connectivity index (χ1v) is 17.0. The van der Waals surface area contributed by atoms with Crippen molar-refractivity contribution in [3.05, 3.63) is 11.3 Å². The standard InChI is InChI=1S/C15H36O4Si3/c1-14(2,16)12-13(15(3,4)17)22(11,18-20(5,6)7)19-21(8,9)10/h12,16-17H,1-11H3/b13-12+. The van der Waals surface area contributed by atoms with Crippen molar-refractivity contribution in [1.29, 1.82) is 0 Å². The molecule has 0 bridgehead atoms. The number of rotatable bonds is 7. The molecular formula is C15H36O4Si3. The Bertz CT molecular complexity index is 390. The van der Waals surface area contributed by atoms with Gasteiger partial charge in [0, 0.05) is 0 Å². The fourth-order valence-corrected chi connectivity index (χ4v) is 15.0. The van der Waals surface area contributed by atoms with Gasteiger partial charge in [0.05, 0.1) is 11.2 Å². The van der Waals surface area contributed by atoms with Crippen molar-refractivity contribution in [2.45, 2.75) is 84.7 Å². The Balaban J connectivity index is 6.15. The molecule has 4 nitrogen and oxygen atoms in total. The van der Waals surface area contributed by atoms with E-state index in [1.807, 2.05) is 6.55 Å². The van der Waals surface area contributed by atoms with Gasteiger partial charge in [-0.3, -0.25) is 0 Å². The predicted octanol–water partition coefficient (Wildman–Crippen LogP) is 3.77. The molecule has 0 atom stereocenters. The lowest BCUT2D eigenvalue weighted by molar-refractivity contribution is 0.105. The maximum absolute atomic E-state index is 10.7. The van der Waals surface area contributed by atoms with Crippen LogP contribution in [-0.4, -0.2) is 46.6 Å². The predicted molar refractivity (Wildman–Crippen MR) is 101 cm³/mol. The average Bonchev–Trinajstić information content (AvgIpc) is 2.03. The zero-order chi connectivity index (χ0) is 18.2. The first-order chi connectivity index (χ1) is 9.25. The van der Waals surface area contributed by atoms with Gasteiger partial charge in [-0.2, -0.15) is 0 Å². The van der Waals surface area contributed by atoms with Crippen LogP contribution in [0.25, 0.3) is 0 Å². The van der Waals surface area contributed by atoms with E-state index in [2.05, 4.69) is 39.3 Å². The van der Waals surface area contributed by atoms with Gasteiger partial charge in [0.15, 0.2) is 16.6 Å². The van der Waals surface area contributed by atoms with Crippen LogP contribution in [0.15, 0.2) is 11.3 Å². The van der Waals surface area contributed by atoms with E-state index in [4.69, 9.17) is 8.23 Å². The molecule has 0 aromatic heterocycles. The lowest BCUT2D eigenvalue weighted by atomic mass is 10.0. The molecule has 0 fully saturated rings. The largest absolute Gasteiger partial charge is 0.434 e. The van der Waals surface area contributed by atoms with Gasteiger partial charge in [-0.05, 0) is 78.7 Å². The molecule has 0 spiro atoms. The second-order valence-electron chi connectivity index (χ2n) is 9.15. The minimum absolute atomic E-state index is 0.706. The van der Waals surface area contributed by atoms with Gasteiger partial charge in [0.25, 0.3) is 0 Å². The quantitative estimate of drug-likeness (QED) is 0.675. The highest BCUT2D eigenvalue weighted by Crippen LogP contribution is 2.34. The maximum atomic E-state index is 10.7. The van der Waals surface area contributed by atoms with E-state index in [1.54, 1.807) is 33.8 Å². The summed E-state index contributed by atoms with van der Waals surface area (Å²) < 4.78 is 13.0. The van der Waals surface area contributed by atoms with Crippen molar-refractivity contribution in [1.82, 2.24) is 0 Å². The van der Waals surface area contributed by atoms with Crippen LogP contribution in [0.5, 0.6) is 0 Å². The topological polar surface area (TPSA) is 58.9 Å². The molecule has 132 valence electrons. The molecule has 0 amide bonds. The van der Waals surface area contributed by atoms with Gasteiger partial charge in [-0.1, -0.05) is 6.08 Å². The summed E-state index contributed by atoms with van der Waals surface area (Å²) in [5, 5.41) is 21.7. The molecule has 2 N–H and O–H groups in total.